The number of fused-ring (bicyclic) bond motifs is 1. The zero-order chi connectivity index (χ0) is 19.8. The number of piperazine rings is 1. The van der Waals surface area contributed by atoms with Crippen molar-refractivity contribution in [3.8, 4) is 17.3 Å². The van der Waals surface area contributed by atoms with Crippen molar-refractivity contribution in [2.75, 3.05) is 33.2 Å². The molecule has 0 saturated carbocycles. The van der Waals surface area contributed by atoms with Gasteiger partial charge in [0, 0.05) is 44.8 Å². The highest BCUT2D eigenvalue weighted by atomic mass is 16.2. The molecular weight excluding hydrogens is 366 g/mol. The third-order valence-electron chi connectivity index (χ3n) is 5.27. The largest absolute Gasteiger partial charge is 0.335 e. The number of amides is 1. The second-order valence-electron chi connectivity index (χ2n) is 7.19. The molecule has 8 nitrogen and oxygen atoms in total. The Morgan fingerprint density at radius 3 is 2.62 bits per heavy atom. The third-order valence-corrected chi connectivity index (χ3v) is 5.27. The van der Waals surface area contributed by atoms with Gasteiger partial charge in [-0.15, -0.1) is 0 Å². The van der Waals surface area contributed by atoms with E-state index >= 15 is 0 Å². The Labute approximate surface area is 168 Å². The van der Waals surface area contributed by atoms with E-state index in [9.17, 15) is 4.79 Å². The van der Waals surface area contributed by atoms with Gasteiger partial charge in [0.25, 0.3) is 5.91 Å². The van der Waals surface area contributed by atoms with E-state index in [4.69, 9.17) is 4.98 Å². The van der Waals surface area contributed by atoms with Crippen molar-refractivity contribution in [3.05, 3.63) is 67.0 Å². The first-order valence-electron chi connectivity index (χ1n) is 9.61. The van der Waals surface area contributed by atoms with Crippen molar-refractivity contribution < 1.29 is 4.79 Å². The minimum Gasteiger partial charge on any atom is -0.335 e. The SMILES string of the molecule is CN1CCN(C(=O)c2nc(-c3cn(-c4ccccn4)cn3)n3ccccc23)CC1. The fourth-order valence-corrected chi connectivity index (χ4v) is 3.61. The van der Waals surface area contributed by atoms with E-state index in [1.54, 1.807) is 12.5 Å². The standard InChI is InChI=1S/C21H21N7O/c1-25-10-12-26(13-11-25)21(29)19-17-6-3-5-9-28(17)20(24-19)16-14-27(15-23-16)18-7-2-4-8-22-18/h2-9,14-15H,10-13H2,1H3. The van der Waals surface area contributed by atoms with Crippen molar-refractivity contribution >= 4 is 11.4 Å². The second-order valence-corrected chi connectivity index (χ2v) is 7.19. The molecule has 0 spiro atoms. The smallest absolute Gasteiger partial charge is 0.274 e. The van der Waals surface area contributed by atoms with Gasteiger partial charge < -0.3 is 9.80 Å². The molecule has 0 N–H and O–H groups in total. The Kier molecular flexibility index (Phi) is 4.33. The van der Waals surface area contributed by atoms with Gasteiger partial charge in [-0.2, -0.15) is 0 Å². The number of hydrogen-bond acceptors (Lipinski definition) is 5. The summed E-state index contributed by atoms with van der Waals surface area (Å²) >= 11 is 0. The lowest BCUT2D eigenvalue weighted by Crippen LogP contribution is -2.47. The third kappa shape index (κ3) is 3.17. The minimum atomic E-state index is -0.0304. The Hall–Kier alpha value is -3.52. The Balaban J connectivity index is 1.54. The predicted molar refractivity (Wildman–Crippen MR) is 109 cm³/mol. The molecule has 1 aliphatic heterocycles. The van der Waals surface area contributed by atoms with Crippen molar-refractivity contribution in [1.82, 2.24) is 33.7 Å². The number of aromatic nitrogens is 5. The molecule has 5 rings (SSSR count). The number of carbonyl (C=O) groups is 1. The summed E-state index contributed by atoms with van der Waals surface area (Å²) < 4.78 is 3.77. The van der Waals surface area contributed by atoms with E-state index in [1.807, 2.05) is 62.7 Å². The fraction of sp³-hybridized carbons (Fsp3) is 0.238. The van der Waals surface area contributed by atoms with Crippen LogP contribution in [0.4, 0.5) is 0 Å². The Bertz CT molecular complexity index is 1160. The van der Waals surface area contributed by atoms with E-state index in [0.29, 0.717) is 30.3 Å². The maximum absolute atomic E-state index is 13.2. The van der Waals surface area contributed by atoms with Gasteiger partial charge in [-0.3, -0.25) is 13.8 Å². The molecule has 0 atom stereocenters. The van der Waals surface area contributed by atoms with Gasteiger partial charge in [0.2, 0.25) is 0 Å². The van der Waals surface area contributed by atoms with Crippen LogP contribution in [-0.2, 0) is 0 Å². The van der Waals surface area contributed by atoms with Gasteiger partial charge in [0.15, 0.2) is 11.5 Å². The molecule has 0 bridgehead atoms. The van der Waals surface area contributed by atoms with Gasteiger partial charge in [0.1, 0.15) is 17.8 Å². The lowest BCUT2D eigenvalue weighted by molar-refractivity contribution is 0.0661. The van der Waals surface area contributed by atoms with Crippen LogP contribution in [0.1, 0.15) is 10.5 Å². The molecule has 4 aromatic rings. The number of pyridine rings is 2. The summed E-state index contributed by atoms with van der Waals surface area (Å²) in [6, 6.07) is 11.5. The summed E-state index contributed by atoms with van der Waals surface area (Å²) in [6.07, 6.45) is 7.25. The molecule has 8 heteroatoms. The molecule has 0 unspecified atom stereocenters. The summed E-state index contributed by atoms with van der Waals surface area (Å²) in [4.78, 5) is 30.9. The zero-order valence-electron chi connectivity index (χ0n) is 16.1. The zero-order valence-corrected chi connectivity index (χ0v) is 16.1. The molecule has 5 heterocycles. The topological polar surface area (TPSA) is 71.6 Å². The second kappa shape index (κ2) is 7.14. The lowest BCUT2D eigenvalue weighted by Gasteiger charge is -2.32. The van der Waals surface area contributed by atoms with Crippen molar-refractivity contribution in [3.63, 3.8) is 0 Å². The normalized spacial score (nSPS) is 15.1. The molecule has 1 aliphatic rings. The molecule has 4 aromatic heterocycles. The van der Waals surface area contributed by atoms with E-state index < -0.39 is 0 Å². The molecule has 1 amide bonds. The summed E-state index contributed by atoms with van der Waals surface area (Å²) in [6.45, 7) is 3.17. The van der Waals surface area contributed by atoms with Gasteiger partial charge in [0.05, 0.1) is 5.52 Å². The van der Waals surface area contributed by atoms with Crippen LogP contribution in [0.15, 0.2) is 61.3 Å². The van der Waals surface area contributed by atoms with E-state index in [1.165, 1.54) is 0 Å². The molecule has 0 aromatic carbocycles. The number of likely N-dealkylation sites (N-methyl/N-ethyl adjacent to an activating group) is 1. The first kappa shape index (κ1) is 17.6. The van der Waals surface area contributed by atoms with Gasteiger partial charge in [-0.05, 0) is 31.3 Å². The average molecular weight is 387 g/mol. The van der Waals surface area contributed by atoms with Gasteiger partial charge in [-0.1, -0.05) is 12.1 Å². The maximum Gasteiger partial charge on any atom is 0.274 e. The Morgan fingerprint density at radius 1 is 1.00 bits per heavy atom. The van der Waals surface area contributed by atoms with Crippen molar-refractivity contribution in [1.29, 1.82) is 0 Å². The highest BCUT2D eigenvalue weighted by molar-refractivity contribution is 6.00. The number of hydrogen-bond donors (Lipinski definition) is 0. The summed E-state index contributed by atoms with van der Waals surface area (Å²) in [7, 11) is 2.07. The van der Waals surface area contributed by atoms with E-state index in [2.05, 4.69) is 21.9 Å². The number of rotatable bonds is 3. The van der Waals surface area contributed by atoms with Gasteiger partial charge in [-0.25, -0.2) is 15.0 Å². The molecule has 0 aliphatic carbocycles. The number of carbonyl (C=O) groups excluding carboxylic acids is 1. The van der Waals surface area contributed by atoms with Crippen LogP contribution < -0.4 is 0 Å². The van der Waals surface area contributed by atoms with Crippen molar-refractivity contribution in [2.24, 2.45) is 0 Å². The Morgan fingerprint density at radius 2 is 1.83 bits per heavy atom. The molecule has 1 saturated heterocycles. The fourth-order valence-electron chi connectivity index (χ4n) is 3.61. The van der Waals surface area contributed by atoms with Crippen LogP contribution in [0, 0.1) is 0 Å². The average Bonchev–Trinajstić information content (AvgIpc) is 3.40. The quantitative estimate of drug-likeness (QED) is 0.538. The van der Waals surface area contributed by atoms with Crippen LogP contribution >= 0.6 is 0 Å². The maximum atomic E-state index is 13.2. The number of nitrogens with zero attached hydrogens (tertiary/aromatic N) is 7. The molecule has 29 heavy (non-hydrogen) atoms. The number of imidazole rings is 2. The minimum absolute atomic E-state index is 0.0304. The lowest BCUT2D eigenvalue weighted by atomic mass is 10.2. The molecule has 1 fully saturated rings. The highest BCUT2D eigenvalue weighted by Crippen LogP contribution is 2.23. The van der Waals surface area contributed by atoms with Crippen LogP contribution in [0.2, 0.25) is 0 Å². The monoisotopic (exact) mass is 387 g/mol. The van der Waals surface area contributed by atoms with Crippen LogP contribution in [0.3, 0.4) is 0 Å². The van der Waals surface area contributed by atoms with Crippen LogP contribution in [0.25, 0.3) is 22.9 Å². The van der Waals surface area contributed by atoms with Crippen LogP contribution in [-0.4, -0.2) is 72.9 Å². The highest BCUT2D eigenvalue weighted by Gasteiger charge is 2.26. The predicted octanol–water partition coefficient (Wildman–Crippen LogP) is 1.97. The first-order valence-corrected chi connectivity index (χ1v) is 9.61. The molecule has 146 valence electrons. The summed E-state index contributed by atoms with van der Waals surface area (Å²) in [5.41, 5.74) is 1.95. The van der Waals surface area contributed by atoms with Gasteiger partial charge >= 0.3 is 0 Å². The summed E-state index contributed by atoms with van der Waals surface area (Å²) in [5.74, 6) is 1.39. The summed E-state index contributed by atoms with van der Waals surface area (Å²) in [5, 5.41) is 0. The van der Waals surface area contributed by atoms with E-state index in [0.717, 1.165) is 24.4 Å². The molecular formula is C21H21N7O. The molecule has 0 radical (unpaired) electrons. The first-order chi connectivity index (χ1) is 14.2. The van der Waals surface area contributed by atoms with E-state index in [-0.39, 0.29) is 5.91 Å². The van der Waals surface area contributed by atoms with Crippen molar-refractivity contribution in [2.45, 2.75) is 0 Å². The van der Waals surface area contributed by atoms with Crippen LogP contribution in [0.5, 0.6) is 0 Å².